The first-order chi connectivity index (χ1) is 13.1. The van der Waals surface area contributed by atoms with Crippen molar-refractivity contribution in [3.05, 3.63) is 78.4 Å². The first kappa shape index (κ1) is 18.2. The number of hydrogen-bond donors (Lipinski definition) is 2. The van der Waals surface area contributed by atoms with Crippen LogP contribution in [0.1, 0.15) is 17.3 Å². The molecule has 2 amide bonds. The van der Waals surface area contributed by atoms with Crippen molar-refractivity contribution in [3.8, 4) is 16.9 Å². The second kappa shape index (κ2) is 8.19. The Morgan fingerprint density at radius 2 is 1.48 bits per heavy atom. The van der Waals surface area contributed by atoms with Gasteiger partial charge in [0.1, 0.15) is 5.75 Å². The molecule has 136 valence electrons. The Morgan fingerprint density at radius 1 is 0.778 bits per heavy atom. The zero-order valence-electron chi connectivity index (χ0n) is 15.2. The highest BCUT2D eigenvalue weighted by Crippen LogP contribution is 2.27. The molecule has 0 unspecified atom stereocenters. The van der Waals surface area contributed by atoms with Crippen LogP contribution in [0.4, 0.5) is 11.4 Å². The van der Waals surface area contributed by atoms with E-state index in [1.54, 1.807) is 36.4 Å². The summed E-state index contributed by atoms with van der Waals surface area (Å²) >= 11 is 0. The van der Waals surface area contributed by atoms with Gasteiger partial charge in [-0.2, -0.15) is 0 Å². The predicted octanol–water partition coefficient (Wildman–Crippen LogP) is 4.57. The molecule has 3 rings (SSSR count). The van der Waals surface area contributed by atoms with Gasteiger partial charge in [0, 0.05) is 18.3 Å². The fraction of sp³-hybridized carbons (Fsp3) is 0.0909. The first-order valence-electron chi connectivity index (χ1n) is 8.49. The van der Waals surface area contributed by atoms with Gasteiger partial charge in [-0.25, -0.2) is 0 Å². The third-order valence-corrected chi connectivity index (χ3v) is 3.99. The van der Waals surface area contributed by atoms with Crippen molar-refractivity contribution in [1.29, 1.82) is 0 Å². The lowest BCUT2D eigenvalue weighted by Crippen LogP contribution is -2.14. The molecule has 5 nitrogen and oxygen atoms in total. The molecule has 0 aliphatic carbocycles. The lowest BCUT2D eigenvalue weighted by molar-refractivity contribution is -0.114. The second-order valence-corrected chi connectivity index (χ2v) is 6.00. The fourth-order valence-corrected chi connectivity index (χ4v) is 2.77. The van der Waals surface area contributed by atoms with Crippen molar-refractivity contribution >= 4 is 23.2 Å². The van der Waals surface area contributed by atoms with Crippen molar-refractivity contribution < 1.29 is 14.3 Å². The van der Waals surface area contributed by atoms with Crippen molar-refractivity contribution in [1.82, 2.24) is 0 Å². The minimum absolute atomic E-state index is 0.171. The molecule has 5 heteroatoms. The summed E-state index contributed by atoms with van der Waals surface area (Å²) in [7, 11) is 1.53. The van der Waals surface area contributed by atoms with Gasteiger partial charge in [-0.15, -0.1) is 0 Å². The van der Waals surface area contributed by atoms with Gasteiger partial charge in [-0.1, -0.05) is 42.5 Å². The van der Waals surface area contributed by atoms with Crippen LogP contribution in [-0.2, 0) is 4.79 Å². The van der Waals surface area contributed by atoms with Crippen LogP contribution in [0.3, 0.4) is 0 Å². The molecular formula is C22H20N2O3. The van der Waals surface area contributed by atoms with Gasteiger partial charge in [0.15, 0.2) is 0 Å². The molecule has 2 N–H and O–H groups in total. The fourth-order valence-electron chi connectivity index (χ4n) is 2.77. The molecule has 0 fully saturated rings. The molecule has 0 radical (unpaired) electrons. The standard InChI is InChI=1S/C22H20N2O3/c1-15(25)23-18-9-6-10-19(14-18)24-22(26)20-13-17(11-12-21(20)27-2)16-7-4-3-5-8-16/h3-14H,1-2H3,(H,23,25)(H,24,26). The van der Waals surface area contributed by atoms with Crippen LogP contribution in [0.15, 0.2) is 72.8 Å². The molecule has 0 spiro atoms. The molecule has 3 aromatic rings. The molecule has 27 heavy (non-hydrogen) atoms. The number of hydrogen-bond acceptors (Lipinski definition) is 3. The van der Waals surface area contributed by atoms with E-state index in [0.29, 0.717) is 22.7 Å². The number of methoxy groups -OCH3 is 1. The summed E-state index contributed by atoms with van der Waals surface area (Å²) < 4.78 is 5.35. The van der Waals surface area contributed by atoms with Crippen LogP contribution in [0, 0.1) is 0 Å². The lowest BCUT2D eigenvalue weighted by atomic mass is 10.0. The number of nitrogens with one attached hydrogen (secondary N) is 2. The summed E-state index contributed by atoms with van der Waals surface area (Å²) in [5.74, 6) is 0.0329. The van der Waals surface area contributed by atoms with Gasteiger partial charge >= 0.3 is 0 Å². The second-order valence-electron chi connectivity index (χ2n) is 6.00. The normalized spacial score (nSPS) is 10.1. The summed E-state index contributed by atoms with van der Waals surface area (Å²) in [6.07, 6.45) is 0. The summed E-state index contributed by atoms with van der Waals surface area (Å²) in [5, 5.41) is 5.55. The maximum Gasteiger partial charge on any atom is 0.259 e. The molecule has 0 aliphatic rings. The highest BCUT2D eigenvalue weighted by atomic mass is 16.5. The van der Waals surface area contributed by atoms with Crippen molar-refractivity contribution in [2.45, 2.75) is 6.92 Å². The average Bonchev–Trinajstić information content (AvgIpc) is 2.68. The van der Waals surface area contributed by atoms with E-state index in [4.69, 9.17) is 4.74 Å². The Kier molecular flexibility index (Phi) is 5.52. The molecule has 0 bridgehead atoms. The lowest BCUT2D eigenvalue weighted by Gasteiger charge is -2.12. The van der Waals surface area contributed by atoms with E-state index in [1.807, 2.05) is 36.4 Å². The van der Waals surface area contributed by atoms with Crippen LogP contribution >= 0.6 is 0 Å². The van der Waals surface area contributed by atoms with E-state index >= 15 is 0 Å². The quantitative estimate of drug-likeness (QED) is 0.700. The van der Waals surface area contributed by atoms with Crippen LogP contribution < -0.4 is 15.4 Å². The molecule has 0 saturated heterocycles. The zero-order valence-corrected chi connectivity index (χ0v) is 15.2. The van der Waals surface area contributed by atoms with Crippen LogP contribution in [-0.4, -0.2) is 18.9 Å². The minimum atomic E-state index is -0.287. The first-order valence-corrected chi connectivity index (χ1v) is 8.49. The van der Waals surface area contributed by atoms with E-state index in [2.05, 4.69) is 10.6 Å². The van der Waals surface area contributed by atoms with Gasteiger partial charge < -0.3 is 15.4 Å². The monoisotopic (exact) mass is 360 g/mol. The van der Waals surface area contributed by atoms with Crippen LogP contribution in [0.2, 0.25) is 0 Å². The van der Waals surface area contributed by atoms with Gasteiger partial charge in [0.2, 0.25) is 5.91 Å². The van der Waals surface area contributed by atoms with E-state index in [9.17, 15) is 9.59 Å². The zero-order chi connectivity index (χ0) is 19.2. The molecule has 0 aliphatic heterocycles. The predicted molar refractivity (Wildman–Crippen MR) is 107 cm³/mol. The number of rotatable bonds is 5. The van der Waals surface area contributed by atoms with E-state index in [1.165, 1.54) is 14.0 Å². The number of carbonyl (C=O) groups excluding carboxylic acids is 2. The third-order valence-electron chi connectivity index (χ3n) is 3.99. The smallest absolute Gasteiger partial charge is 0.259 e. The number of benzene rings is 3. The summed E-state index contributed by atoms with van der Waals surface area (Å²) in [6.45, 7) is 1.44. The van der Waals surface area contributed by atoms with Crippen molar-refractivity contribution in [3.63, 3.8) is 0 Å². The molecular weight excluding hydrogens is 340 g/mol. The van der Waals surface area contributed by atoms with Crippen LogP contribution in [0.5, 0.6) is 5.75 Å². The Balaban J connectivity index is 1.88. The number of anilines is 2. The third kappa shape index (κ3) is 4.52. The number of ether oxygens (including phenoxy) is 1. The average molecular weight is 360 g/mol. The van der Waals surface area contributed by atoms with Gasteiger partial charge in [-0.05, 0) is 41.5 Å². The Bertz CT molecular complexity index is 968. The van der Waals surface area contributed by atoms with Crippen molar-refractivity contribution in [2.75, 3.05) is 17.7 Å². The largest absolute Gasteiger partial charge is 0.496 e. The Hall–Kier alpha value is -3.60. The summed E-state index contributed by atoms with van der Waals surface area (Å²) in [5.41, 5.74) is 3.57. The molecule has 0 saturated carbocycles. The summed E-state index contributed by atoms with van der Waals surface area (Å²) in [4.78, 5) is 24.0. The summed E-state index contributed by atoms with van der Waals surface area (Å²) in [6, 6.07) is 22.3. The van der Waals surface area contributed by atoms with Gasteiger partial charge in [0.05, 0.1) is 12.7 Å². The number of amides is 2. The van der Waals surface area contributed by atoms with E-state index in [-0.39, 0.29) is 11.8 Å². The van der Waals surface area contributed by atoms with Gasteiger partial charge in [0.25, 0.3) is 5.91 Å². The highest BCUT2D eigenvalue weighted by molar-refractivity contribution is 6.07. The molecule has 0 aromatic heterocycles. The Labute approximate surface area is 158 Å². The van der Waals surface area contributed by atoms with Gasteiger partial charge in [-0.3, -0.25) is 9.59 Å². The SMILES string of the molecule is COc1ccc(-c2ccccc2)cc1C(=O)Nc1cccc(NC(C)=O)c1. The molecule has 0 atom stereocenters. The highest BCUT2D eigenvalue weighted by Gasteiger charge is 2.14. The van der Waals surface area contributed by atoms with Crippen LogP contribution in [0.25, 0.3) is 11.1 Å². The maximum absolute atomic E-state index is 12.8. The van der Waals surface area contributed by atoms with Crippen molar-refractivity contribution in [2.24, 2.45) is 0 Å². The topological polar surface area (TPSA) is 67.4 Å². The Morgan fingerprint density at radius 3 is 2.15 bits per heavy atom. The van der Waals surface area contributed by atoms with E-state index in [0.717, 1.165) is 11.1 Å². The number of carbonyl (C=O) groups is 2. The molecule has 3 aromatic carbocycles. The maximum atomic E-state index is 12.8. The molecule has 0 heterocycles. The van der Waals surface area contributed by atoms with E-state index < -0.39 is 0 Å². The minimum Gasteiger partial charge on any atom is -0.496 e.